The van der Waals surface area contributed by atoms with Gasteiger partial charge in [-0.3, -0.25) is 9.59 Å². The number of rotatable bonds is 9. The summed E-state index contributed by atoms with van der Waals surface area (Å²) in [7, 11) is -4.18. The summed E-state index contributed by atoms with van der Waals surface area (Å²) in [5.41, 5.74) is 3.19. The molecule has 180 valence electrons. The molecule has 3 rings (SSSR count). The SMILES string of the molecule is CCCNC(=O)S(=O)(=O)c1ccccc1-c1ccc(Cn2c(CCC)nc(C)c2C(=O)S)cc1. The van der Waals surface area contributed by atoms with Crippen molar-refractivity contribution in [2.45, 2.75) is 51.5 Å². The number of thiol groups is 1. The van der Waals surface area contributed by atoms with Gasteiger partial charge in [-0.05, 0) is 37.0 Å². The molecule has 0 bridgehead atoms. The van der Waals surface area contributed by atoms with E-state index < -0.39 is 15.1 Å². The molecule has 0 saturated heterocycles. The normalized spacial score (nSPS) is 11.4. The zero-order chi connectivity index (χ0) is 24.9. The lowest BCUT2D eigenvalue weighted by Gasteiger charge is -2.13. The second-order valence-electron chi connectivity index (χ2n) is 8.01. The van der Waals surface area contributed by atoms with Crippen LogP contribution in [0, 0.1) is 6.92 Å². The van der Waals surface area contributed by atoms with E-state index >= 15 is 0 Å². The molecule has 0 unspecified atom stereocenters. The van der Waals surface area contributed by atoms with Gasteiger partial charge in [0, 0.05) is 25.1 Å². The Morgan fingerprint density at radius 2 is 1.71 bits per heavy atom. The predicted molar refractivity (Wildman–Crippen MR) is 136 cm³/mol. The number of sulfone groups is 1. The summed E-state index contributed by atoms with van der Waals surface area (Å²) in [5.74, 6) is 0.830. The third-order valence-electron chi connectivity index (χ3n) is 5.44. The van der Waals surface area contributed by atoms with Gasteiger partial charge in [0.25, 0.3) is 9.84 Å². The maximum absolute atomic E-state index is 12.9. The van der Waals surface area contributed by atoms with Crippen LogP contribution in [0.25, 0.3) is 11.1 Å². The van der Waals surface area contributed by atoms with Gasteiger partial charge >= 0.3 is 5.24 Å². The van der Waals surface area contributed by atoms with E-state index in [-0.39, 0.29) is 10.0 Å². The Bertz CT molecular complexity index is 1300. The van der Waals surface area contributed by atoms with E-state index in [2.05, 4.69) is 29.9 Å². The number of carbonyl (C=O) groups excluding carboxylic acids is 2. The molecule has 0 radical (unpaired) electrons. The van der Waals surface area contributed by atoms with Gasteiger partial charge in [0.1, 0.15) is 11.5 Å². The Morgan fingerprint density at radius 3 is 2.32 bits per heavy atom. The third-order valence-corrected chi connectivity index (χ3v) is 7.22. The van der Waals surface area contributed by atoms with E-state index in [9.17, 15) is 18.0 Å². The summed E-state index contributed by atoms with van der Waals surface area (Å²) in [6, 6.07) is 13.9. The van der Waals surface area contributed by atoms with E-state index in [1.807, 2.05) is 35.8 Å². The van der Waals surface area contributed by atoms with Crippen molar-refractivity contribution in [3.05, 3.63) is 71.3 Å². The standard InChI is InChI=1S/C25H29N3O4S2/c1-4-8-22-27-17(3)23(24(29)33)28(22)16-18-11-13-19(14-12-18)20-9-6-7-10-21(20)34(31,32)25(30)26-15-5-2/h6-7,9-14H,4-5,8,15-16H2,1-3H3,(H,26,30)(H,29,33). The fourth-order valence-corrected chi connectivity index (χ4v) is 5.33. The van der Waals surface area contributed by atoms with Crippen LogP contribution in [0.5, 0.6) is 0 Å². The van der Waals surface area contributed by atoms with Crippen LogP contribution in [0.4, 0.5) is 4.79 Å². The number of hydrogen-bond acceptors (Lipinski definition) is 5. The average molecular weight is 500 g/mol. The zero-order valence-corrected chi connectivity index (χ0v) is 21.2. The number of hydrogen-bond donors (Lipinski definition) is 2. The highest BCUT2D eigenvalue weighted by molar-refractivity contribution is 8.06. The molecule has 0 aliphatic carbocycles. The smallest absolute Gasteiger partial charge is 0.341 e. The average Bonchev–Trinajstić information content (AvgIpc) is 3.12. The number of nitrogens with zero attached hydrogens (tertiary/aromatic N) is 2. The molecule has 2 aromatic carbocycles. The Hall–Kier alpha value is -2.91. The number of aromatic nitrogens is 2. The molecule has 34 heavy (non-hydrogen) atoms. The molecular weight excluding hydrogens is 470 g/mol. The third kappa shape index (κ3) is 5.42. The van der Waals surface area contributed by atoms with Crippen LogP contribution in [-0.2, 0) is 22.8 Å². The van der Waals surface area contributed by atoms with Gasteiger partial charge < -0.3 is 9.88 Å². The molecule has 0 saturated carbocycles. The van der Waals surface area contributed by atoms with Crippen LogP contribution in [0.3, 0.4) is 0 Å². The monoisotopic (exact) mass is 499 g/mol. The summed E-state index contributed by atoms with van der Waals surface area (Å²) in [6.45, 7) is 6.44. The number of carbonyl (C=O) groups is 2. The van der Waals surface area contributed by atoms with Crippen molar-refractivity contribution < 1.29 is 18.0 Å². The quantitative estimate of drug-likeness (QED) is 0.411. The van der Waals surface area contributed by atoms with Crippen molar-refractivity contribution in [1.82, 2.24) is 14.9 Å². The Kier molecular flexibility index (Phi) is 8.33. The van der Waals surface area contributed by atoms with E-state index in [0.717, 1.165) is 24.2 Å². The molecule has 1 heterocycles. The molecule has 1 N–H and O–H groups in total. The summed E-state index contributed by atoms with van der Waals surface area (Å²) >= 11 is 4.03. The molecule has 3 aromatic rings. The first-order valence-corrected chi connectivity index (χ1v) is 13.1. The van der Waals surface area contributed by atoms with E-state index in [1.165, 1.54) is 6.07 Å². The predicted octanol–water partition coefficient (Wildman–Crippen LogP) is 4.82. The maximum atomic E-state index is 12.9. The second kappa shape index (κ2) is 11.0. The highest BCUT2D eigenvalue weighted by Crippen LogP contribution is 2.29. The second-order valence-corrected chi connectivity index (χ2v) is 10.2. The van der Waals surface area contributed by atoms with Crippen LogP contribution in [0.1, 0.15) is 54.3 Å². The van der Waals surface area contributed by atoms with Crippen molar-refractivity contribution >= 4 is 32.8 Å². The maximum Gasteiger partial charge on any atom is 0.341 e. The molecule has 0 fully saturated rings. The van der Waals surface area contributed by atoms with Crippen molar-refractivity contribution in [3.8, 4) is 11.1 Å². The fraction of sp³-hybridized carbons (Fsp3) is 0.320. The number of imidazole rings is 1. The molecular formula is C25H29N3O4S2. The van der Waals surface area contributed by atoms with Crippen LogP contribution >= 0.6 is 12.6 Å². The minimum absolute atomic E-state index is 0.0326. The lowest BCUT2D eigenvalue weighted by molar-refractivity contribution is 0.108. The fourth-order valence-electron chi connectivity index (χ4n) is 3.82. The van der Waals surface area contributed by atoms with Crippen LogP contribution < -0.4 is 5.32 Å². The summed E-state index contributed by atoms with van der Waals surface area (Å²) in [4.78, 5) is 28.9. The summed E-state index contributed by atoms with van der Waals surface area (Å²) in [5, 5.41) is 1.12. The molecule has 0 aliphatic heterocycles. The topological polar surface area (TPSA) is 98.1 Å². The number of benzene rings is 2. The lowest BCUT2D eigenvalue weighted by Crippen LogP contribution is -2.30. The van der Waals surface area contributed by atoms with Crippen LogP contribution in [0.15, 0.2) is 53.4 Å². The van der Waals surface area contributed by atoms with Gasteiger partial charge in [0.05, 0.1) is 10.6 Å². The minimum Gasteiger partial charge on any atom is -0.343 e. The Balaban J connectivity index is 1.95. The first kappa shape index (κ1) is 25.7. The number of aryl methyl sites for hydroxylation is 2. The van der Waals surface area contributed by atoms with Gasteiger partial charge in [-0.25, -0.2) is 13.4 Å². The molecule has 9 heteroatoms. The van der Waals surface area contributed by atoms with E-state index in [4.69, 9.17) is 0 Å². The summed E-state index contributed by atoms with van der Waals surface area (Å²) in [6.07, 6.45) is 2.28. The van der Waals surface area contributed by atoms with Gasteiger partial charge in [-0.1, -0.05) is 68.9 Å². The van der Waals surface area contributed by atoms with Gasteiger partial charge in [0.15, 0.2) is 0 Å². The van der Waals surface area contributed by atoms with Crippen molar-refractivity contribution in [2.24, 2.45) is 0 Å². The van der Waals surface area contributed by atoms with Crippen molar-refractivity contribution in [3.63, 3.8) is 0 Å². The molecule has 1 amide bonds. The first-order chi connectivity index (χ1) is 16.2. The van der Waals surface area contributed by atoms with Gasteiger partial charge in [0.2, 0.25) is 5.12 Å². The van der Waals surface area contributed by atoms with Crippen molar-refractivity contribution in [1.29, 1.82) is 0 Å². The first-order valence-electron chi connectivity index (χ1n) is 11.2. The highest BCUT2D eigenvalue weighted by atomic mass is 32.2. The summed E-state index contributed by atoms with van der Waals surface area (Å²) < 4.78 is 27.7. The molecule has 0 aliphatic rings. The number of nitrogens with one attached hydrogen (secondary N) is 1. The van der Waals surface area contributed by atoms with Crippen molar-refractivity contribution in [2.75, 3.05) is 6.54 Å². The lowest BCUT2D eigenvalue weighted by atomic mass is 10.0. The molecule has 0 atom stereocenters. The Morgan fingerprint density at radius 1 is 1.03 bits per heavy atom. The van der Waals surface area contributed by atoms with Crippen LogP contribution in [-0.4, -0.2) is 34.9 Å². The Labute approximate surface area is 205 Å². The van der Waals surface area contributed by atoms with Gasteiger partial charge in [-0.2, -0.15) is 0 Å². The van der Waals surface area contributed by atoms with E-state index in [0.29, 0.717) is 42.0 Å². The molecule has 7 nitrogen and oxygen atoms in total. The number of amides is 1. The molecule has 0 spiro atoms. The van der Waals surface area contributed by atoms with E-state index in [1.54, 1.807) is 25.1 Å². The minimum atomic E-state index is -4.18. The van der Waals surface area contributed by atoms with Gasteiger partial charge in [-0.15, -0.1) is 0 Å². The largest absolute Gasteiger partial charge is 0.343 e. The zero-order valence-electron chi connectivity index (χ0n) is 19.5. The molecule has 1 aromatic heterocycles. The van der Waals surface area contributed by atoms with Crippen LogP contribution in [0.2, 0.25) is 0 Å². The highest BCUT2D eigenvalue weighted by Gasteiger charge is 2.27.